The quantitative estimate of drug-likeness (QED) is 0.520. The Hall–Kier alpha value is -0.990. The van der Waals surface area contributed by atoms with Crippen LogP contribution in [0.4, 0.5) is 8.78 Å². The van der Waals surface area contributed by atoms with E-state index >= 15 is 0 Å². The molecule has 0 aliphatic heterocycles. The Bertz CT molecular complexity index is 529. The average molecular weight is 350 g/mol. The van der Waals surface area contributed by atoms with E-state index in [9.17, 15) is 8.78 Å². The van der Waals surface area contributed by atoms with E-state index in [0.717, 1.165) is 24.2 Å². The molecule has 1 heterocycles. The van der Waals surface area contributed by atoms with E-state index in [-0.39, 0.29) is 0 Å². The summed E-state index contributed by atoms with van der Waals surface area (Å²) in [7, 11) is 0. The van der Waals surface area contributed by atoms with Crippen molar-refractivity contribution in [2.45, 2.75) is 84.0 Å². The Labute approximate surface area is 151 Å². The molecule has 0 atom stereocenters. The third kappa shape index (κ3) is 5.24. The van der Waals surface area contributed by atoms with E-state index in [1.165, 1.54) is 70.3 Å². The zero-order valence-corrected chi connectivity index (χ0v) is 15.7. The SMILES string of the molecule is CCC[C@H]1CC[C@H](C2CCC(CCc3ccc(F)nc3F)CC2)CC1. The highest BCUT2D eigenvalue weighted by Crippen LogP contribution is 2.42. The lowest BCUT2D eigenvalue weighted by Gasteiger charge is -2.38. The first kappa shape index (κ1) is 18.8. The lowest BCUT2D eigenvalue weighted by Crippen LogP contribution is -2.26. The number of halogens is 2. The topological polar surface area (TPSA) is 12.9 Å². The van der Waals surface area contributed by atoms with Crippen LogP contribution in [-0.2, 0) is 6.42 Å². The van der Waals surface area contributed by atoms with Crippen LogP contribution in [-0.4, -0.2) is 4.98 Å². The van der Waals surface area contributed by atoms with Gasteiger partial charge < -0.3 is 0 Å². The second-order valence-electron chi connectivity index (χ2n) is 8.47. The van der Waals surface area contributed by atoms with Crippen molar-refractivity contribution in [1.82, 2.24) is 4.98 Å². The molecule has 0 aromatic carbocycles. The van der Waals surface area contributed by atoms with Crippen LogP contribution in [0, 0.1) is 35.6 Å². The summed E-state index contributed by atoms with van der Waals surface area (Å²) >= 11 is 0. The molecule has 140 valence electrons. The predicted molar refractivity (Wildman–Crippen MR) is 98.3 cm³/mol. The fourth-order valence-corrected chi connectivity index (χ4v) is 5.29. The van der Waals surface area contributed by atoms with Crippen molar-refractivity contribution in [1.29, 1.82) is 0 Å². The van der Waals surface area contributed by atoms with Gasteiger partial charge in [-0.05, 0) is 74.3 Å². The van der Waals surface area contributed by atoms with Gasteiger partial charge in [-0.25, -0.2) is 0 Å². The van der Waals surface area contributed by atoms with E-state index in [1.807, 2.05) is 0 Å². The molecule has 0 unspecified atom stereocenters. The molecule has 3 heteroatoms. The number of rotatable bonds is 6. The standard InChI is InChI=1S/C22H33F2N/c1-2-3-16-4-9-18(10-5-16)19-11-6-17(7-12-19)8-13-20-14-15-21(23)25-22(20)24/h14-19H,2-13H2,1H3/t16-,17?,18-,19?. The van der Waals surface area contributed by atoms with Gasteiger partial charge in [-0.3, -0.25) is 0 Å². The monoisotopic (exact) mass is 349 g/mol. The molecule has 0 radical (unpaired) electrons. The predicted octanol–water partition coefficient (Wildman–Crippen LogP) is 6.71. The Morgan fingerprint density at radius 3 is 1.92 bits per heavy atom. The largest absolute Gasteiger partial charge is 0.218 e. The molecule has 3 rings (SSSR count). The average Bonchev–Trinajstić information content (AvgIpc) is 2.62. The minimum absolute atomic E-state index is 0.567. The van der Waals surface area contributed by atoms with Crippen molar-refractivity contribution in [3.63, 3.8) is 0 Å². The molecule has 25 heavy (non-hydrogen) atoms. The Kier molecular flexibility index (Phi) is 6.84. The van der Waals surface area contributed by atoms with Crippen LogP contribution in [0.3, 0.4) is 0 Å². The van der Waals surface area contributed by atoms with E-state index in [0.29, 0.717) is 17.9 Å². The molecule has 2 aliphatic carbocycles. The van der Waals surface area contributed by atoms with Gasteiger partial charge in [0.25, 0.3) is 0 Å². The molecule has 2 saturated carbocycles. The van der Waals surface area contributed by atoms with Crippen LogP contribution in [0.2, 0.25) is 0 Å². The summed E-state index contributed by atoms with van der Waals surface area (Å²) in [5.41, 5.74) is 0.567. The van der Waals surface area contributed by atoms with Gasteiger partial charge in [0.1, 0.15) is 0 Å². The summed E-state index contributed by atoms with van der Waals surface area (Å²) < 4.78 is 26.5. The van der Waals surface area contributed by atoms with Gasteiger partial charge in [-0.15, -0.1) is 0 Å². The first-order chi connectivity index (χ1) is 12.2. The first-order valence-corrected chi connectivity index (χ1v) is 10.5. The van der Waals surface area contributed by atoms with Crippen LogP contribution < -0.4 is 0 Å². The van der Waals surface area contributed by atoms with Crippen molar-refractivity contribution in [2.75, 3.05) is 0 Å². The number of aryl methyl sites for hydroxylation is 1. The van der Waals surface area contributed by atoms with Crippen molar-refractivity contribution in [2.24, 2.45) is 23.7 Å². The molecule has 1 aromatic heterocycles. The fourth-order valence-electron chi connectivity index (χ4n) is 5.29. The second-order valence-corrected chi connectivity index (χ2v) is 8.47. The maximum Gasteiger partial charge on any atom is 0.218 e. The maximum atomic E-state index is 13.6. The van der Waals surface area contributed by atoms with Gasteiger partial charge in [0.05, 0.1) is 0 Å². The van der Waals surface area contributed by atoms with Gasteiger partial charge >= 0.3 is 0 Å². The van der Waals surface area contributed by atoms with E-state index in [2.05, 4.69) is 11.9 Å². The minimum Gasteiger partial charge on any atom is -0.190 e. The molecule has 0 spiro atoms. The van der Waals surface area contributed by atoms with Gasteiger partial charge in [-0.2, -0.15) is 13.8 Å². The maximum absolute atomic E-state index is 13.6. The van der Waals surface area contributed by atoms with Crippen molar-refractivity contribution in [3.8, 4) is 0 Å². The Morgan fingerprint density at radius 1 is 0.840 bits per heavy atom. The van der Waals surface area contributed by atoms with Crippen LogP contribution in [0.15, 0.2) is 12.1 Å². The minimum atomic E-state index is -0.726. The summed E-state index contributed by atoms with van der Waals surface area (Å²) in [5.74, 6) is 2.25. The normalized spacial score (nSPS) is 30.4. The Balaban J connectivity index is 1.39. The van der Waals surface area contributed by atoms with Gasteiger partial charge in [0, 0.05) is 5.56 Å². The van der Waals surface area contributed by atoms with Crippen LogP contribution in [0.25, 0.3) is 0 Å². The summed E-state index contributed by atoms with van der Waals surface area (Å²) in [5, 5.41) is 0. The summed E-state index contributed by atoms with van der Waals surface area (Å²) in [6.45, 7) is 2.31. The molecular formula is C22H33F2N. The van der Waals surface area contributed by atoms with Gasteiger partial charge in [-0.1, -0.05) is 45.4 Å². The highest BCUT2D eigenvalue weighted by molar-refractivity contribution is 5.11. The zero-order chi connectivity index (χ0) is 17.6. The fraction of sp³-hybridized carbons (Fsp3) is 0.773. The third-order valence-corrected chi connectivity index (χ3v) is 6.86. The molecule has 2 fully saturated rings. The highest BCUT2D eigenvalue weighted by Gasteiger charge is 2.30. The van der Waals surface area contributed by atoms with Crippen LogP contribution in [0.5, 0.6) is 0 Å². The van der Waals surface area contributed by atoms with E-state index in [4.69, 9.17) is 0 Å². The van der Waals surface area contributed by atoms with Crippen molar-refractivity contribution < 1.29 is 8.78 Å². The van der Waals surface area contributed by atoms with Crippen LogP contribution in [0.1, 0.15) is 83.1 Å². The van der Waals surface area contributed by atoms with Gasteiger partial charge in [0.15, 0.2) is 0 Å². The smallest absolute Gasteiger partial charge is 0.190 e. The van der Waals surface area contributed by atoms with Crippen LogP contribution >= 0.6 is 0 Å². The molecular weight excluding hydrogens is 316 g/mol. The molecule has 1 aromatic rings. The molecule has 0 N–H and O–H groups in total. The third-order valence-electron chi connectivity index (χ3n) is 6.86. The van der Waals surface area contributed by atoms with Crippen molar-refractivity contribution in [3.05, 3.63) is 29.6 Å². The Morgan fingerprint density at radius 2 is 1.40 bits per heavy atom. The lowest BCUT2D eigenvalue weighted by molar-refractivity contribution is 0.141. The second kappa shape index (κ2) is 9.09. The molecule has 1 nitrogen and oxygen atoms in total. The number of nitrogens with zero attached hydrogens (tertiary/aromatic N) is 1. The summed E-state index contributed by atoms with van der Waals surface area (Å²) in [6.07, 6.45) is 15.6. The van der Waals surface area contributed by atoms with E-state index in [1.54, 1.807) is 6.07 Å². The number of hydrogen-bond donors (Lipinski definition) is 0. The molecule has 2 aliphatic rings. The number of hydrogen-bond acceptors (Lipinski definition) is 1. The summed E-state index contributed by atoms with van der Waals surface area (Å²) in [6, 6.07) is 2.82. The number of pyridine rings is 1. The number of aromatic nitrogens is 1. The van der Waals surface area contributed by atoms with Gasteiger partial charge in [0.2, 0.25) is 11.9 Å². The zero-order valence-electron chi connectivity index (χ0n) is 15.7. The first-order valence-electron chi connectivity index (χ1n) is 10.5. The van der Waals surface area contributed by atoms with E-state index < -0.39 is 11.9 Å². The lowest BCUT2D eigenvalue weighted by atomic mass is 9.68. The highest BCUT2D eigenvalue weighted by atomic mass is 19.1. The molecule has 0 amide bonds. The molecule has 0 saturated heterocycles. The summed E-state index contributed by atoms with van der Waals surface area (Å²) in [4.78, 5) is 3.30. The molecule has 0 bridgehead atoms. The van der Waals surface area contributed by atoms with Crippen molar-refractivity contribution >= 4 is 0 Å².